The first-order valence-electron chi connectivity index (χ1n) is 6.80. The smallest absolute Gasteiger partial charge is 0.224 e. The molecule has 3 saturated heterocycles. The van der Waals surface area contributed by atoms with E-state index in [9.17, 15) is 13.2 Å². The highest BCUT2D eigenvalue weighted by Gasteiger charge is 2.43. The molecule has 0 saturated carbocycles. The third kappa shape index (κ3) is 2.40. The summed E-state index contributed by atoms with van der Waals surface area (Å²) in [6.45, 7) is 0. The summed E-state index contributed by atoms with van der Waals surface area (Å²) in [6, 6.07) is 0.645. The van der Waals surface area contributed by atoms with Gasteiger partial charge in [0, 0.05) is 18.1 Å². The topological polar surface area (TPSA) is 75.3 Å². The van der Waals surface area contributed by atoms with Crippen molar-refractivity contribution in [2.24, 2.45) is 5.92 Å². The molecule has 18 heavy (non-hydrogen) atoms. The molecule has 102 valence electrons. The molecule has 0 aromatic carbocycles. The number of hydrogen-bond donors (Lipinski definition) is 2. The minimum absolute atomic E-state index is 0.0494. The first-order chi connectivity index (χ1) is 8.53. The van der Waals surface area contributed by atoms with Crippen molar-refractivity contribution in [1.82, 2.24) is 10.6 Å². The lowest BCUT2D eigenvalue weighted by Gasteiger charge is -2.26. The molecule has 3 heterocycles. The van der Waals surface area contributed by atoms with Crippen LogP contribution < -0.4 is 10.6 Å². The Morgan fingerprint density at radius 1 is 1.22 bits per heavy atom. The minimum atomic E-state index is -2.94. The predicted octanol–water partition coefficient (Wildman–Crippen LogP) is -0.180. The van der Waals surface area contributed by atoms with Crippen molar-refractivity contribution >= 4 is 15.7 Å². The van der Waals surface area contributed by atoms with Crippen LogP contribution in [-0.2, 0) is 14.6 Å². The van der Waals surface area contributed by atoms with Gasteiger partial charge in [-0.2, -0.15) is 0 Å². The molecule has 3 aliphatic heterocycles. The molecule has 4 atom stereocenters. The maximum absolute atomic E-state index is 12.2. The maximum Gasteiger partial charge on any atom is 0.224 e. The van der Waals surface area contributed by atoms with Gasteiger partial charge in [-0.25, -0.2) is 8.42 Å². The van der Waals surface area contributed by atoms with Gasteiger partial charge >= 0.3 is 0 Å². The van der Waals surface area contributed by atoms with Crippen LogP contribution in [0.4, 0.5) is 0 Å². The summed E-state index contributed by atoms with van der Waals surface area (Å²) >= 11 is 0. The standard InChI is InChI=1S/C12H20N2O3S/c15-12(10-6-8-3-4-11(10)13-8)14-9-2-1-5-18(16,17)7-9/h8-11,13H,1-7H2,(H,14,15). The van der Waals surface area contributed by atoms with Crippen LogP contribution in [-0.4, -0.2) is 44.0 Å². The third-order valence-electron chi connectivity index (χ3n) is 4.45. The fourth-order valence-electron chi connectivity index (χ4n) is 3.56. The van der Waals surface area contributed by atoms with E-state index >= 15 is 0 Å². The van der Waals surface area contributed by atoms with Gasteiger partial charge in [0.15, 0.2) is 9.84 Å². The van der Waals surface area contributed by atoms with Gasteiger partial charge in [0.05, 0.1) is 17.4 Å². The Kier molecular flexibility index (Phi) is 3.10. The van der Waals surface area contributed by atoms with Crippen molar-refractivity contribution in [2.75, 3.05) is 11.5 Å². The lowest BCUT2D eigenvalue weighted by molar-refractivity contribution is -0.126. The number of carbonyl (C=O) groups excluding carboxylic acids is 1. The zero-order valence-electron chi connectivity index (χ0n) is 10.4. The van der Waals surface area contributed by atoms with Gasteiger partial charge in [-0.1, -0.05) is 0 Å². The van der Waals surface area contributed by atoms with Crippen molar-refractivity contribution < 1.29 is 13.2 Å². The highest BCUT2D eigenvalue weighted by Crippen LogP contribution is 2.33. The second-order valence-electron chi connectivity index (χ2n) is 5.85. The summed E-state index contributed by atoms with van der Waals surface area (Å²) in [7, 11) is -2.94. The average Bonchev–Trinajstić information content (AvgIpc) is 2.89. The molecular weight excluding hydrogens is 252 g/mol. The van der Waals surface area contributed by atoms with E-state index in [-0.39, 0.29) is 29.4 Å². The Hall–Kier alpha value is -0.620. The van der Waals surface area contributed by atoms with Crippen LogP contribution >= 0.6 is 0 Å². The van der Waals surface area contributed by atoms with E-state index in [2.05, 4.69) is 10.6 Å². The summed E-state index contributed by atoms with van der Waals surface area (Å²) in [6.07, 6.45) is 4.62. The molecule has 0 radical (unpaired) electrons. The van der Waals surface area contributed by atoms with E-state index in [1.54, 1.807) is 0 Å². The van der Waals surface area contributed by atoms with E-state index in [0.717, 1.165) is 19.3 Å². The summed E-state index contributed by atoms with van der Waals surface area (Å²) in [5.74, 6) is 0.493. The zero-order chi connectivity index (χ0) is 12.8. The van der Waals surface area contributed by atoms with Crippen LogP contribution in [0.25, 0.3) is 0 Å². The monoisotopic (exact) mass is 272 g/mol. The number of carbonyl (C=O) groups is 1. The summed E-state index contributed by atoms with van der Waals surface area (Å²) in [5.41, 5.74) is 0. The Balaban J connectivity index is 1.58. The largest absolute Gasteiger partial charge is 0.352 e. The van der Waals surface area contributed by atoms with E-state index in [1.807, 2.05) is 0 Å². The van der Waals surface area contributed by atoms with Crippen molar-refractivity contribution in [1.29, 1.82) is 0 Å². The van der Waals surface area contributed by atoms with E-state index in [0.29, 0.717) is 18.5 Å². The van der Waals surface area contributed by atoms with Crippen LogP contribution in [0.1, 0.15) is 32.1 Å². The number of hydrogen-bond acceptors (Lipinski definition) is 4. The van der Waals surface area contributed by atoms with Crippen LogP contribution in [0.5, 0.6) is 0 Å². The van der Waals surface area contributed by atoms with Crippen LogP contribution in [0.3, 0.4) is 0 Å². The summed E-state index contributed by atoms with van der Waals surface area (Å²) in [5, 5.41) is 6.38. The Labute approximate surface area is 108 Å². The van der Waals surface area contributed by atoms with Gasteiger partial charge in [0.1, 0.15) is 0 Å². The first-order valence-corrected chi connectivity index (χ1v) is 8.62. The van der Waals surface area contributed by atoms with Crippen molar-refractivity contribution in [3.8, 4) is 0 Å². The van der Waals surface area contributed by atoms with Gasteiger partial charge in [0.2, 0.25) is 5.91 Å². The van der Waals surface area contributed by atoms with Crippen molar-refractivity contribution in [3.63, 3.8) is 0 Å². The summed E-state index contributed by atoms with van der Waals surface area (Å²) in [4.78, 5) is 12.2. The highest BCUT2D eigenvalue weighted by atomic mass is 32.2. The Morgan fingerprint density at radius 3 is 2.67 bits per heavy atom. The van der Waals surface area contributed by atoms with E-state index < -0.39 is 9.84 Å². The second-order valence-corrected chi connectivity index (χ2v) is 8.08. The number of fused-ring (bicyclic) bond motifs is 2. The van der Waals surface area contributed by atoms with E-state index in [4.69, 9.17) is 0 Å². The number of rotatable bonds is 2. The summed E-state index contributed by atoms with van der Waals surface area (Å²) < 4.78 is 23.1. The molecule has 3 aliphatic rings. The molecule has 4 unspecified atom stereocenters. The Bertz CT molecular complexity index is 448. The van der Waals surface area contributed by atoms with Crippen molar-refractivity contribution in [2.45, 2.75) is 50.2 Å². The van der Waals surface area contributed by atoms with Gasteiger partial charge in [0.25, 0.3) is 0 Å². The van der Waals surface area contributed by atoms with Gasteiger partial charge in [-0.05, 0) is 32.1 Å². The van der Waals surface area contributed by atoms with Crippen molar-refractivity contribution in [3.05, 3.63) is 0 Å². The molecule has 5 nitrogen and oxygen atoms in total. The molecular formula is C12H20N2O3S. The lowest BCUT2D eigenvalue weighted by Crippen LogP contribution is -2.47. The van der Waals surface area contributed by atoms with Gasteiger partial charge in [-0.15, -0.1) is 0 Å². The fourth-order valence-corrected chi connectivity index (χ4v) is 5.20. The molecule has 0 aromatic rings. The second kappa shape index (κ2) is 4.49. The SMILES string of the molecule is O=C(NC1CCCS(=O)(=O)C1)C1CC2CCC1N2. The highest BCUT2D eigenvalue weighted by molar-refractivity contribution is 7.91. The van der Waals surface area contributed by atoms with Crippen LogP contribution in [0.15, 0.2) is 0 Å². The molecule has 1 amide bonds. The molecule has 2 N–H and O–H groups in total. The molecule has 2 bridgehead atoms. The maximum atomic E-state index is 12.2. The lowest BCUT2D eigenvalue weighted by atomic mass is 9.88. The number of nitrogens with one attached hydrogen (secondary N) is 2. The molecule has 0 aliphatic carbocycles. The zero-order valence-corrected chi connectivity index (χ0v) is 11.2. The molecule has 3 fully saturated rings. The van der Waals surface area contributed by atoms with Crippen LogP contribution in [0.2, 0.25) is 0 Å². The van der Waals surface area contributed by atoms with Crippen LogP contribution in [0, 0.1) is 5.92 Å². The number of amides is 1. The first kappa shape index (κ1) is 12.4. The predicted molar refractivity (Wildman–Crippen MR) is 67.9 cm³/mol. The molecule has 0 spiro atoms. The third-order valence-corrected chi connectivity index (χ3v) is 6.27. The molecule has 0 aromatic heterocycles. The average molecular weight is 272 g/mol. The van der Waals surface area contributed by atoms with Gasteiger partial charge in [-0.3, -0.25) is 4.79 Å². The Morgan fingerprint density at radius 2 is 2.06 bits per heavy atom. The normalized spacial score (nSPS) is 41.8. The molecule has 6 heteroatoms. The molecule has 3 rings (SSSR count). The minimum Gasteiger partial charge on any atom is -0.352 e. The quantitative estimate of drug-likeness (QED) is 0.731. The van der Waals surface area contributed by atoms with E-state index in [1.165, 1.54) is 6.42 Å². The fraction of sp³-hybridized carbons (Fsp3) is 0.917. The van der Waals surface area contributed by atoms with Gasteiger partial charge < -0.3 is 10.6 Å². The number of sulfone groups is 1.